The van der Waals surface area contributed by atoms with Crippen molar-refractivity contribution in [2.75, 3.05) is 5.32 Å². The van der Waals surface area contributed by atoms with Crippen LogP contribution in [0.3, 0.4) is 0 Å². The Balaban J connectivity index is 1.96. The average molecular weight is 342 g/mol. The van der Waals surface area contributed by atoms with Gasteiger partial charge in [0.15, 0.2) is 5.82 Å². The van der Waals surface area contributed by atoms with Crippen LogP contribution in [0.4, 0.5) is 20.3 Å². The third-order valence-electron chi connectivity index (χ3n) is 3.96. The van der Waals surface area contributed by atoms with Gasteiger partial charge in [-0.3, -0.25) is 9.78 Å². The van der Waals surface area contributed by atoms with E-state index in [1.807, 2.05) is 27.0 Å². The summed E-state index contributed by atoms with van der Waals surface area (Å²) in [4.78, 5) is 4.40. The van der Waals surface area contributed by atoms with E-state index in [2.05, 4.69) is 25.6 Å². The Hall–Kier alpha value is -3.03. The number of rotatable bonds is 1. The monoisotopic (exact) mass is 342 g/mol. The molecule has 1 aliphatic rings. The van der Waals surface area contributed by atoms with Crippen molar-refractivity contribution in [3.8, 4) is 11.3 Å². The van der Waals surface area contributed by atoms with E-state index in [0.717, 1.165) is 0 Å². The lowest BCUT2D eigenvalue weighted by Gasteiger charge is -2.18. The maximum atomic E-state index is 14.2. The van der Waals surface area contributed by atoms with Gasteiger partial charge in [0.2, 0.25) is 0 Å². The van der Waals surface area contributed by atoms with E-state index >= 15 is 0 Å². The fourth-order valence-electron chi connectivity index (χ4n) is 2.66. The molecule has 0 saturated heterocycles. The van der Waals surface area contributed by atoms with Crippen molar-refractivity contribution in [2.24, 2.45) is 4.99 Å². The maximum absolute atomic E-state index is 14.2. The smallest absolute Gasteiger partial charge is 0.185 e. The van der Waals surface area contributed by atoms with Crippen molar-refractivity contribution in [2.45, 2.75) is 26.3 Å². The van der Waals surface area contributed by atoms with Crippen molar-refractivity contribution < 1.29 is 8.78 Å². The van der Waals surface area contributed by atoms with Gasteiger partial charge in [0, 0.05) is 6.20 Å². The topological polar surface area (TPSA) is 70.9 Å². The van der Waals surface area contributed by atoms with Crippen molar-refractivity contribution in [3.05, 3.63) is 47.8 Å². The fraction of sp³-hybridized carbons (Fsp3) is 0.235. The Bertz CT molecular complexity index is 973. The van der Waals surface area contributed by atoms with Crippen LogP contribution in [0, 0.1) is 11.6 Å². The summed E-state index contributed by atoms with van der Waals surface area (Å²) in [5.41, 5.74) is 1.46. The molecule has 1 aliphatic heterocycles. The molecule has 2 N–H and O–H groups in total. The third kappa shape index (κ3) is 2.50. The molecule has 0 spiro atoms. The van der Waals surface area contributed by atoms with Crippen LogP contribution in [0.25, 0.3) is 11.3 Å². The zero-order valence-corrected chi connectivity index (χ0v) is 13.9. The number of anilines is 1. The Kier molecular flexibility index (Phi) is 3.24. The van der Waals surface area contributed by atoms with Gasteiger partial charge in [0.05, 0.1) is 34.2 Å². The molecule has 3 heterocycles. The van der Waals surface area contributed by atoms with Gasteiger partial charge in [-0.15, -0.1) is 0 Å². The minimum atomic E-state index is -0.699. The summed E-state index contributed by atoms with van der Waals surface area (Å²) in [5.74, 6) is -0.982. The highest BCUT2D eigenvalue weighted by molar-refractivity contribution is 6.12. The van der Waals surface area contributed by atoms with E-state index in [0.29, 0.717) is 22.8 Å². The summed E-state index contributed by atoms with van der Waals surface area (Å²) in [7, 11) is 0. The van der Waals surface area contributed by atoms with Gasteiger partial charge in [-0.25, -0.2) is 13.8 Å². The molecule has 0 saturated carbocycles. The van der Waals surface area contributed by atoms with Crippen LogP contribution < -0.4 is 5.32 Å². The van der Waals surface area contributed by atoms with Gasteiger partial charge in [-0.1, -0.05) is 6.07 Å². The van der Waals surface area contributed by atoms with Gasteiger partial charge in [-0.2, -0.15) is 10.2 Å². The molecule has 6 nitrogen and oxygen atoms in total. The predicted octanol–water partition coefficient (Wildman–Crippen LogP) is 3.81. The number of fused-ring (bicyclic) bond motifs is 3. The molecule has 0 fully saturated rings. The molecule has 2 aromatic heterocycles. The Morgan fingerprint density at radius 2 is 1.84 bits per heavy atom. The lowest BCUT2D eigenvalue weighted by Crippen LogP contribution is -2.22. The van der Waals surface area contributed by atoms with E-state index in [1.165, 1.54) is 18.2 Å². The first kappa shape index (κ1) is 15.5. The molecule has 1 aromatic carbocycles. The van der Waals surface area contributed by atoms with Crippen LogP contribution in [-0.4, -0.2) is 25.8 Å². The zero-order valence-electron chi connectivity index (χ0n) is 13.9. The number of hydrogen-bond acceptors (Lipinski definition) is 4. The number of amidine groups is 1. The largest absolute Gasteiger partial charge is 0.336 e. The molecule has 0 unspecified atom stereocenters. The molecule has 0 bridgehead atoms. The first-order chi connectivity index (χ1) is 11.8. The van der Waals surface area contributed by atoms with Crippen LogP contribution in [0.15, 0.2) is 35.6 Å². The number of halogens is 2. The predicted molar refractivity (Wildman–Crippen MR) is 91.0 cm³/mol. The number of benzene rings is 1. The summed E-state index contributed by atoms with van der Waals surface area (Å²) in [6.07, 6.45) is 3.39. The molecule has 0 aliphatic carbocycles. The summed E-state index contributed by atoms with van der Waals surface area (Å²) >= 11 is 0. The molecule has 8 heteroatoms. The normalized spacial score (nSPS) is 13.6. The minimum Gasteiger partial charge on any atom is -0.336 e. The molecule has 0 amide bonds. The van der Waals surface area contributed by atoms with Gasteiger partial charge < -0.3 is 5.32 Å². The van der Waals surface area contributed by atoms with E-state index in [4.69, 9.17) is 0 Å². The summed E-state index contributed by atoms with van der Waals surface area (Å²) in [6.45, 7) is 6.02. The Morgan fingerprint density at radius 1 is 1.12 bits per heavy atom. The van der Waals surface area contributed by atoms with Crippen LogP contribution in [0.2, 0.25) is 0 Å². The van der Waals surface area contributed by atoms with E-state index in [9.17, 15) is 8.78 Å². The number of aliphatic imine (C=N–C) groups is 1. The highest BCUT2D eigenvalue weighted by Gasteiger charge is 2.26. The second kappa shape index (κ2) is 5.23. The Labute approximate surface area is 142 Å². The number of aromatic nitrogens is 4. The lowest BCUT2D eigenvalue weighted by atomic mass is 10.1. The molecule has 4 rings (SSSR count). The molecular weight excluding hydrogens is 326 g/mol. The van der Waals surface area contributed by atoms with Gasteiger partial charge in [0.25, 0.3) is 0 Å². The SMILES string of the molecule is CC(C)(C)n1cc2c(n1)N=C(c1c(F)cccc1F)Nc1cn[nH]c1-2. The maximum Gasteiger partial charge on any atom is 0.185 e. The minimum absolute atomic E-state index is 0.0520. The van der Waals surface area contributed by atoms with Crippen molar-refractivity contribution in [3.63, 3.8) is 0 Å². The van der Waals surface area contributed by atoms with Gasteiger partial charge in [0.1, 0.15) is 17.5 Å². The molecule has 0 radical (unpaired) electrons. The Morgan fingerprint density at radius 3 is 2.52 bits per heavy atom. The summed E-state index contributed by atoms with van der Waals surface area (Å²) in [5, 5.41) is 14.4. The first-order valence-electron chi connectivity index (χ1n) is 7.78. The molecule has 128 valence electrons. The fourth-order valence-corrected chi connectivity index (χ4v) is 2.66. The highest BCUT2D eigenvalue weighted by atomic mass is 19.1. The quantitative estimate of drug-likeness (QED) is 0.706. The number of aromatic amines is 1. The first-order valence-corrected chi connectivity index (χ1v) is 7.78. The molecule has 3 aromatic rings. The lowest BCUT2D eigenvalue weighted by molar-refractivity contribution is 0.356. The number of hydrogen-bond donors (Lipinski definition) is 2. The third-order valence-corrected chi connectivity index (χ3v) is 3.96. The van der Waals surface area contributed by atoms with Gasteiger partial charge >= 0.3 is 0 Å². The van der Waals surface area contributed by atoms with Crippen molar-refractivity contribution >= 4 is 17.3 Å². The van der Waals surface area contributed by atoms with Crippen molar-refractivity contribution in [1.82, 2.24) is 20.0 Å². The molecule has 25 heavy (non-hydrogen) atoms. The van der Waals surface area contributed by atoms with E-state index in [-0.39, 0.29) is 16.9 Å². The van der Waals surface area contributed by atoms with Crippen molar-refractivity contribution in [1.29, 1.82) is 0 Å². The number of nitrogens with one attached hydrogen (secondary N) is 2. The summed E-state index contributed by atoms with van der Waals surface area (Å²) < 4.78 is 30.2. The van der Waals surface area contributed by atoms with Crippen LogP contribution in [0.5, 0.6) is 0 Å². The summed E-state index contributed by atoms with van der Waals surface area (Å²) in [6, 6.07) is 3.70. The molecular formula is C17H16F2N6. The zero-order chi connectivity index (χ0) is 17.8. The van der Waals surface area contributed by atoms with Gasteiger partial charge in [-0.05, 0) is 32.9 Å². The van der Waals surface area contributed by atoms with Crippen LogP contribution in [-0.2, 0) is 5.54 Å². The van der Waals surface area contributed by atoms with E-state index < -0.39 is 11.6 Å². The second-order valence-corrected chi connectivity index (χ2v) is 6.82. The average Bonchev–Trinajstić information content (AvgIpc) is 3.11. The highest BCUT2D eigenvalue weighted by Crippen LogP contribution is 2.37. The van der Waals surface area contributed by atoms with Crippen LogP contribution in [0.1, 0.15) is 26.3 Å². The standard InChI is InChI=1S/C17H16F2N6/c1-17(2,3)25-8-9-14-12(7-20-23-14)21-16(22-15(9)24-25)13-10(18)5-4-6-11(13)19/h4-8H,1-3H3,(H,20,23)(H,21,22,24). The number of nitrogens with zero attached hydrogens (tertiary/aromatic N) is 4. The number of H-pyrrole nitrogens is 1. The van der Waals surface area contributed by atoms with Crippen LogP contribution >= 0.6 is 0 Å². The van der Waals surface area contributed by atoms with E-state index in [1.54, 1.807) is 10.9 Å². The second-order valence-electron chi connectivity index (χ2n) is 6.82. The molecule has 0 atom stereocenters.